The summed E-state index contributed by atoms with van der Waals surface area (Å²) in [4.78, 5) is 16.2. The van der Waals surface area contributed by atoms with Gasteiger partial charge in [-0.3, -0.25) is 4.79 Å². The molecule has 0 atom stereocenters. The quantitative estimate of drug-likeness (QED) is 0.592. The molecule has 0 radical (unpaired) electrons. The lowest BCUT2D eigenvalue weighted by molar-refractivity contribution is 0.100. The van der Waals surface area contributed by atoms with Crippen LogP contribution in [0.2, 0.25) is 0 Å². The Hall–Kier alpha value is -3.68. The highest BCUT2D eigenvalue weighted by Crippen LogP contribution is 2.24. The molecule has 8 nitrogen and oxygen atoms in total. The van der Waals surface area contributed by atoms with Crippen LogP contribution in [0.1, 0.15) is 10.4 Å². The van der Waals surface area contributed by atoms with E-state index in [9.17, 15) is 4.79 Å². The number of nitrogens with one attached hydrogen (secondary N) is 1. The van der Waals surface area contributed by atoms with Crippen molar-refractivity contribution in [3.63, 3.8) is 0 Å². The molecule has 3 aromatic heterocycles. The van der Waals surface area contributed by atoms with Crippen LogP contribution >= 0.6 is 0 Å². The molecule has 3 N–H and O–H groups in total. The fourth-order valence-electron chi connectivity index (χ4n) is 2.64. The van der Waals surface area contributed by atoms with Crippen molar-refractivity contribution in [2.75, 3.05) is 12.4 Å². The number of carbonyl (C=O) groups excluding carboxylic acids is 1. The zero-order chi connectivity index (χ0) is 17.4. The van der Waals surface area contributed by atoms with E-state index in [2.05, 4.69) is 20.5 Å². The van der Waals surface area contributed by atoms with Gasteiger partial charge in [0.2, 0.25) is 0 Å². The molecule has 8 heteroatoms. The lowest BCUT2D eigenvalue weighted by Gasteiger charge is -2.06. The molecule has 0 saturated carbocycles. The molecule has 0 aliphatic rings. The van der Waals surface area contributed by atoms with E-state index in [0.717, 1.165) is 11.3 Å². The smallest absolute Gasteiger partial charge is 0.254 e. The van der Waals surface area contributed by atoms with E-state index in [0.29, 0.717) is 17.2 Å². The lowest BCUT2D eigenvalue weighted by atomic mass is 10.2. The van der Waals surface area contributed by atoms with Crippen LogP contribution in [0.15, 0.2) is 55.0 Å². The standard InChI is InChI=1S/C17H15N7O/c1-19-15-7-14(22-17-13(16(18)25)9-21-24(15)17)11-8-20-23(10-11)12-5-3-2-4-6-12/h2-10,19H,1H3,(H2,18,25). The van der Waals surface area contributed by atoms with Gasteiger partial charge in [-0.1, -0.05) is 18.2 Å². The average molecular weight is 333 g/mol. The van der Waals surface area contributed by atoms with Gasteiger partial charge in [-0.05, 0) is 12.1 Å². The first-order valence-corrected chi connectivity index (χ1v) is 7.64. The summed E-state index contributed by atoms with van der Waals surface area (Å²) in [5.41, 5.74) is 8.53. The number of fused-ring (bicyclic) bond motifs is 1. The molecule has 0 fully saturated rings. The molecule has 3 heterocycles. The van der Waals surface area contributed by atoms with Gasteiger partial charge >= 0.3 is 0 Å². The average Bonchev–Trinajstić information content (AvgIpc) is 3.28. The number of hydrogen-bond donors (Lipinski definition) is 2. The number of anilines is 1. The van der Waals surface area contributed by atoms with Crippen LogP contribution in [0.3, 0.4) is 0 Å². The molecule has 0 aliphatic carbocycles. The molecule has 124 valence electrons. The monoisotopic (exact) mass is 333 g/mol. The van der Waals surface area contributed by atoms with Crippen LogP contribution in [0.25, 0.3) is 22.6 Å². The van der Waals surface area contributed by atoms with E-state index in [1.165, 1.54) is 6.20 Å². The second-order valence-corrected chi connectivity index (χ2v) is 5.44. The zero-order valence-corrected chi connectivity index (χ0v) is 13.4. The molecule has 1 amide bonds. The molecular weight excluding hydrogens is 318 g/mol. The number of benzene rings is 1. The van der Waals surface area contributed by atoms with Gasteiger partial charge in [0.05, 0.1) is 23.8 Å². The van der Waals surface area contributed by atoms with Crippen LogP contribution in [0.4, 0.5) is 5.82 Å². The van der Waals surface area contributed by atoms with Crippen molar-refractivity contribution in [1.29, 1.82) is 0 Å². The predicted molar refractivity (Wildman–Crippen MR) is 93.6 cm³/mol. The van der Waals surface area contributed by atoms with E-state index >= 15 is 0 Å². The van der Waals surface area contributed by atoms with E-state index < -0.39 is 5.91 Å². The first kappa shape index (κ1) is 14.9. The molecule has 1 aromatic carbocycles. The van der Waals surface area contributed by atoms with E-state index in [4.69, 9.17) is 5.73 Å². The van der Waals surface area contributed by atoms with Crippen molar-refractivity contribution < 1.29 is 4.79 Å². The number of para-hydroxylation sites is 1. The number of hydrogen-bond acceptors (Lipinski definition) is 5. The first-order valence-electron chi connectivity index (χ1n) is 7.64. The van der Waals surface area contributed by atoms with Gasteiger partial charge in [0.25, 0.3) is 5.91 Å². The summed E-state index contributed by atoms with van der Waals surface area (Å²) in [5, 5.41) is 11.6. The summed E-state index contributed by atoms with van der Waals surface area (Å²) in [6, 6.07) is 11.6. The second-order valence-electron chi connectivity index (χ2n) is 5.44. The maximum Gasteiger partial charge on any atom is 0.254 e. The number of rotatable bonds is 4. The second kappa shape index (κ2) is 5.75. The Morgan fingerprint density at radius 1 is 1.16 bits per heavy atom. The number of amides is 1. The summed E-state index contributed by atoms with van der Waals surface area (Å²) in [7, 11) is 1.78. The van der Waals surface area contributed by atoms with Crippen molar-refractivity contribution in [2.45, 2.75) is 0 Å². The van der Waals surface area contributed by atoms with Gasteiger partial charge in [-0.25, -0.2) is 9.67 Å². The molecule has 0 unspecified atom stereocenters. The molecule has 0 saturated heterocycles. The minimum Gasteiger partial charge on any atom is -0.373 e. The van der Waals surface area contributed by atoms with Crippen LogP contribution in [0.5, 0.6) is 0 Å². The minimum absolute atomic E-state index is 0.272. The summed E-state index contributed by atoms with van der Waals surface area (Å²) in [5.74, 6) is 0.127. The van der Waals surface area contributed by atoms with Gasteiger partial charge in [-0.2, -0.15) is 14.7 Å². The molecule has 4 aromatic rings. The highest BCUT2D eigenvalue weighted by molar-refractivity contribution is 5.99. The van der Waals surface area contributed by atoms with Gasteiger partial charge in [-0.15, -0.1) is 0 Å². The number of nitrogens with zero attached hydrogens (tertiary/aromatic N) is 5. The maximum absolute atomic E-state index is 11.6. The van der Waals surface area contributed by atoms with Gasteiger partial charge in [0.15, 0.2) is 5.65 Å². The van der Waals surface area contributed by atoms with Crippen LogP contribution in [0, 0.1) is 0 Å². The van der Waals surface area contributed by atoms with Gasteiger partial charge in [0, 0.05) is 24.9 Å². The Kier molecular flexibility index (Phi) is 3.42. The highest BCUT2D eigenvalue weighted by atomic mass is 16.1. The normalized spacial score (nSPS) is 10.9. The first-order chi connectivity index (χ1) is 12.2. The fourth-order valence-corrected chi connectivity index (χ4v) is 2.64. The van der Waals surface area contributed by atoms with Crippen molar-refractivity contribution in [3.8, 4) is 16.9 Å². The highest BCUT2D eigenvalue weighted by Gasteiger charge is 2.16. The number of carbonyl (C=O) groups is 1. The zero-order valence-electron chi connectivity index (χ0n) is 13.4. The number of nitrogens with two attached hydrogens (primary N) is 1. The van der Waals surface area contributed by atoms with Gasteiger partial charge < -0.3 is 11.1 Å². The minimum atomic E-state index is -0.568. The Bertz CT molecular complexity index is 1070. The molecule has 0 aliphatic heterocycles. The van der Waals surface area contributed by atoms with Crippen LogP contribution in [-0.2, 0) is 0 Å². The van der Waals surface area contributed by atoms with Crippen LogP contribution < -0.4 is 11.1 Å². The van der Waals surface area contributed by atoms with Crippen molar-refractivity contribution in [2.24, 2.45) is 5.73 Å². The third-order valence-electron chi connectivity index (χ3n) is 3.89. The molecular formula is C17H15N7O. The van der Waals surface area contributed by atoms with Crippen molar-refractivity contribution in [3.05, 3.63) is 60.6 Å². The molecule has 25 heavy (non-hydrogen) atoms. The molecule has 0 bridgehead atoms. The third-order valence-corrected chi connectivity index (χ3v) is 3.89. The number of aromatic nitrogens is 5. The predicted octanol–water partition coefficient (Wildman–Crippen LogP) is 1.72. The molecule has 0 spiro atoms. The number of primary amides is 1. The third kappa shape index (κ3) is 2.49. The van der Waals surface area contributed by atoms with Crippen molar-refractivity contribution >= 4 is 17.4 Å². The topological polar surface area (TPSA) is 103 Å². The lowest BCUT2D eigenvalue weighted by Crippen LogP contribution is -2.11. The van der Waals surface area contributed by atoms with Gasteiger partial charge in [0.1, 0.15) is 11.4 Å². The van der Waals surface area contributed by atoms with Crippen molar-refractivity contribution in [1.82, 2.24) is 24.4 Å². The summed E-state index contributed by atoms with van der Waals surface area (Å²) in [6.45, 7) is 0. The van der Waals surface area contributed by atoms with E-state index in [1.54, 1.807) is 22.4 Å². The fraction of sp³-hybridized carbons (Fsp3) is 0.0588. The Morgan fingerprint density at radius 2 is 1.96 bits per heavy atom. The van der Waals surface area contributed by atoms with E-state index in [-0.39, 0.29) is 5.56 Å². The summed E-state index contributed by atoms with van der Waals surface area (Å²) < 4.78 is 3.32. The summed E-state index contributed by atoms with van der Waals surface area (Å²) >= 11 is 0. The Balaban J connectivity index is 1.85. The Labute approximate surface area is 142 Å². The molecule has 4 rings (SSSR count). The summed E-state index contributed by atoms with van der Waals surface area (Å²) in [6.07, 6.45) is 5.03. The SMILES string of the molecule is CNc1cc(-c2cnn(-c3ccccc3)c2)nc2c(C(N)=O)cnn12. The Morgan fingerprint density at radius 3 is 2.68 bits per heavy atom. The van der Waals surface area contributed by atoms with Crippen LogP contribution in [-0.4, -0.2) is 37.3 Å². The maximum atomic E-state index is 11.6. The van der Waals surface area contributed by atoms with E-state index in [1.807, 2.05) is 42.6 Å². The largest absolute Gasteiger partial charge is 0.373 e.